The zero-order valence-electron chi connectivity index (χ0n) is 11.3. The topological polar surface area (TPSA) is 55.6 Å². The number of carbonyl (C=O) groups excluding carboxylic acids is 1. The lowest BCUT2D eigenvalue weighted by Crippen LogP contribution is -2.19. The second-order valence-corrected chi connectivity index (χ2v) is 5.46. The first-order valence-electron chi connectivity index (χ1n) is 5.76. The van der Waals surface area contributed by atoms with Gasteiger partial charge in [0.05, 0.1) is 7.11 Å². The number of aryl methyl sites for hydroxylation is 2. The van der Waals surface area contributed by atoms with Crippen LogP contribution in [-0.4, -0.2) is 30.9 Å². The number of carbonyl (C=O) groups is 1. The summed E-state index contributed by atoms with van der Waals surface area (Å²) in [7, 11) is 3.62. The zero-order valence-corrected chi connectivity index (χ0v) is 12.1. The van der Waals surface area contributed by atoms with E-state index in [0.717, 1.165) is 5.75 Å². The third kappa shape index (κ3) is 4.23. The van der Waals surface area contributed by atoms with Crippen molar-refractivity contribution in [2.75, 3.05) is 20.7 Å². The van der Waals surface area contributed by atoms with Crippen molar-refractivity contribution in [1.82, 2.24) is 4.31 Å². The highest BCUT2D eigenvalue weighted by atomic mass is 32.2. The lowest BCUT2D eigenvalue weighted by atomic mass is 10.1. The molecule has 1 rings (SSSR count). The van der Waals surface area contributed by atoms with E-state index < -0.39 is 0 Å². The smallest absolute Gasteiger partial charge is 0.218 e. The predicted octanol–water partition coefficient (Wildman–Crippen LogP) is 2.13. The third-order valence-corrected chi connectivity index (χ3v) is 3.91. The summed E-state index contributed by atoms with van der Waals surface area (Å²) in [5.41, 5.74) is 7.48. The molecule has 0 atom stereocenters. The van der Waals surface area contributed by atoms with E-state index in [0.29, 0.717) is 13.0 Å². The molecule has 2 N–H and O–H groups in total. The zero-order chi connectivity index (χ0) is 13.7. The Kier molecular flexibility index (Phi) is 5.50. The quantitative estimate of drug-likeness (QED) is 0.803. The molecule has 0 heterocycles. The first-order valence-corrected chi connectivity index (χ1v) is 6.54. The summed E-state index contributed by atoms with van der Waals surface area (Å²) in [5.74, 6) is 0.597. The second-order valence-electron chi connectivity index (χ2n) is 4.25. The van der Waals surface area contributed by atoms with Gasteiger partial charge in [-0.05, 0) is 56.1 Å². The normalized spacial score (nSPS) is 10.7. The number of benzene rings is 1. The van der Waals surface area contributed by atoms with E-state index in [-0.39, 0.29) is 5.91 Å². The highest BCUT2D eigenvalue weighted by molar-refractivity contribution is 7.97. The Hall–Kier alpha value is -1.20. The molecular formula is C13H20N2O2S. The highest BCUT2D eigenvalue weighted by Crippen LogP contribution is 2.31. The van der Waals surface area contributed by atoms with Gasteiger partial charge in [-0.3, -0.25) is 4.79 Å². The highest BCUT2D eigenvalue weighted by Gasteiger charge is 2.10. The van der Waals surface area contributed by atoms with E-state index in [1.807, 2.05) is 23.5 Å². The van der Waals surface area contributed by atoms with Crippen LogP contribution in [0.1, 0.15) is 17.5 Å². The van der Waals surface area contributed by atoms with Gasteiger partial charge in [-0.25, -0.2) is 4.31 Å². The molecule has 5 heteroatoms. The second kappa shape index (κ2) is 6.66. The summed E-state index contributed by atoms with van der Waals surface area (Å²) in [4.78, 5) is 11.9. The van der Waals surface area contributed by atoms with Crippen LogP contribution in [0.5, 0.6) is 5.75 Å². The van der Waals surface area contributed by atoms with Crippen molar-refractivity contribution in [3.8, 4) is 5.75 Å². The number of amides is 1. The molecule has 0 saturated carbocycles. The predicted molar refractivity (Wildman–Crippen MR) is 74.8 cm³/mol. The van der Waals surface area contributed by atoms with Crippen LogP contribution in [0.4, 0.5) is 0 Å². The molecule has 4 nitrogen and oxygen atoms in total. The molecule has 0 spiro atoms. The molecule has 0 radical (unpaired) electrons. The molecule has 0 aliphatic rings. The minimum Gasteiger partial charge on any atom is -0.497 e. The maximum Gasteiger partial charge on any atom is 0.218 e. The molecule has 0 fully saturated rings. The summed E-state index contributed by atoms with van der Waals surface area (Å²) < 4.78 is 7.25. The Morgan fingerprint density at radius 1 is 1.39 bits per heavy atom. The maximum absolute atomic E-state index is 10.7. The Morgan fingerprint density at radius 2 is 1.94 bits per heavy atom. The van der Waals surface area contributed by atoms with Crippen molar-refractivity contribution in [1.29, 1.82) is 0 Å². The minimum atomic E-state index is -0.273. The lowest BCUT2D eigenvalue weighted by Gasteiger charge is -2.18. The fraction of sp³-hybridized carbons (Fsp3) is 0.462. The van der Waals surface area contributed by atoms with Crippen molar-refractivity contribution in [3.05, 3.63) is 23.3 Å². The first-order chi connectivity index (χ1) is 8.43. The Morgan fingerprint density at radius 3 is 2.39 bits per heavy atom. The van der Waals surface area contributed by atoms with Gasteiger partial charge in [-0.15, -0.1) is 0 Å². The average molecular weight is 268 g/mol. The monoisotopic (exact) mass is 268 g/mol. The number of nitrogens with zero attached hydrogens (tertiary/aromatic N) is 1. The molecule has 0 saturated heterocycles. The Labute approximate surface area is 113 Å². The van der Waals surface area contributed by atoms with Crippen LogP contribution in [-0.2, 0) is 4.79 Å². The number of ether oxygens (including phenoxy) is 1. The SMILES string of the molecule is COc1cc(C)c(SN(C)CCC(N)=O)c(C)c1. The lowest BCUT2D eigenvalue weighted by molar-refractivity contribution is -0.118. The van der Waals surface area contributed by atoms with Crippen LogP contribution in [0.2, 0.25) is 0 Å². The van der Waals surface area contributed by atoms with Crippen LogP contribution in [0.3, 0.4) is 0 Å². The van der Waals surface area contributed by atoms with E-state index in [9.17, 15) is 4.79 Å². The molecule has 1 amide bonds. The van der Waals surface area contributed by atoms with Crippen LogP contribution < -0.4 is 10.5 Å². The van der Waals surface area contributed by atoms with Gasteiger partial charge in [0.1, 0.15) is 5.75 Å². The summed E-state index contributed by atoms with van der Waals surface area (Å²) in [5, 5.41) is 0. The van der Waals surface area contributed by atoms with Gasteiger partial charge in [0.15, 0.2) is 0 Å². The van der Waals surface area contributed by atoms with Crippen molar-refractivity contribution < 1.29 is 9.53 Å². The number of rotatable bonds is 6. The molecule has 100 valence electrons. The fourth-order valence-corrected chi connectivity index (χ4v) is 2.54. The van der Waals surface area contributed by atoms with Crippen LogP contribution in [0.25, 0.3) is 0 Å². The Balaban J connectivity index is 2.75. The van der Waals surface area contributed by atoms with Crippen molar-refractivity contribution in [2.24, 2.45) is 5.73 Å². The molecule has 0 aliphatic heterocycles. The number of hydrogen-bond donors (Lipinski definition) is 1. The van der Waals surface area contributed by atoms with Crippen molar-refractivity contribution in [3.63, 3.8) is 0 Å². The molecular weight excluding hydrogens is 248 g/mol. The molecule has 1 aromatic rings. The van der Waals surface area contributed by atoms with Gasteiger partial charge in [-0.2, -0.15) is 0 Å². The Bertz CT molecular complexity index is 412. The van der Waals surface area contributed by atoms with Crippen molar-refractivity contribution in [2.45, 2.75) is 25.2 Å². The molecule has 0 aromatic heterocycles. The summed E-state index contributed by atoms with van der Waals surface area (Å²) in [6, 6.07) is 4.02. The van der Waals surface area contributed by atoms with E-state index in [2.05, 4.69) is 13.8 Å². The van der Waals surface area contributed by atoms with Gasteiger partial charge < -0.3 is 10.5 Å². The van der Waals surface area contributed by atoms with Crippen LogP contribution in [0.15, 0.2) is 17.0 Å². The summed E-state index contributed by atoms with van der Waals surface area (Å²) in [6.45, 7) is 4.75. The number of primary amides is 1. The fourth-order valence-electron chi connectivity index (χ4n) is 1.64. The third-order valence-electron chi connectivity index (χ3n) is 2.59. The number of hydrogen-bond acceptors (Lipinski definition) is 4. The molecule has 1 aromatic carbocycles. The van der Waals surface area contributed by atoms with E-state index in [1.165, 1.54) is 16.0 Å². The summed E-state index contributed by atoms with van der Waals surface area (Å²) in [6.07, 6.45) is 0.373. The van der Waals surface area contributed by atoms with Gasteiger partial charge in [-0.1, -0.05) is 0 Å². The number of nitrogens with two attached hydrogens (primary N) is 1. The summed E-state index contributed by atoms with van der Waals surface area (Å²) >= 11 is 1.63. The van der Waals surface area contributed by atoms with Crippen LogP contribution >= 0.6 is 11.9 Å². The van der Waals surface area contributed by atoms with E-state index >= 15 is 0 Å². The van der Waals surface area contributed by atoms with Gasteiger partial charge in [0.2, 0.25) is 5.91 Å². The van der Waals surface area contributed by atoms with E-state index in [1.54, 1.807) is 19.1 Å². The van der Waals surface area contributed by atoms with Crippen molar-refractivity contribution >= 4 is 17.9 Å². The first kappa shape index (κ1) is 14.9. The van der Waals surface area contributed by atoms with Crippen LogP contribution in [0, 0.1) is 13.8 Å². The largest absolute Gasteiger partial charge is 0.497 e. The maximum atomic E-state index is 10.7. The molecule has 0 aliphatic carbocycles. The van der Waals surface area contributed by atoms with Gasteiger partial charge in [0, 0.05) is 17.9 Å². The van der Waals surface area contributed by atoms with Gasteiger partial charge >= 0.3 is 0 Å². The molecule has 0 bridgehead atoms. The average Bonchev–Trinajstić information content (AvgIpc) is 2.30. The molecule has 18 heavy (non-hydrogen) atoms. The minimum absolute atomic E-state index is 0.273. The van der Waals surface area contributed by atoms with E-state index in [4.69, 9.17) is 10.5 Å². The standard InChI is InChI=1S/C13H20N2O2S/c1-9-7-11(17-4)8-10(2)13(9)18-15(3)6-5-12(14)16/h7-8H,5-6H2,1-4H3,(H2,14,16). The van der Waals surface area contributed by atoms with Gasteiger partial charge in [0.25, 0.3) is 0 Å². The molecule has 0 unspecified atom stereocenters. The number of methoxy groups -OCH3 is 1.